The maximum absolute atomic E-state index is 14.7. The number of aromatic nitrogens is 1. The summed E-state index contributed by atoms with van der Waals surface area (Å²) in [4.78, 5) is 63.0. The van der Waals surface area contributed by atoms with Gasteiger partial charge in [0.15, 0.2) is 5.78 Å². The van der Waals surface area contributed by atoms with Gasteiger partial charge in [0, 0.05) is 46.3 Å². The number of nitrogens with zero attached hydrogens (tertiary/aromatic N) is 3. The molecule has 242 valence electrons. The number of para-hydroxylation sites is 1. The van der Waals surface area contributed by atoms with Gasteiger partial charge in [0.2, 0.25) is 5.91 Å². The summed E-state index contributed by atoms with van der Waals surface area (Å²) in [5.41, 5.74) is 2.37. The number of Topliss-reactive ketones (excluding diaryl/α,β-unsaturated/α-hetero) is 1. The van der Waals surface area contributed by atoms with Gasteiger partial charge in [-0.15, -0.1) is 0 Å². The number of aliphatic carboxylic acids is 1. The minimum atomic E-state index is -1.24. The first-order chi connectivity index (χ1) is 22.4. The van der Waals surface area contributed by atoms with E-state index < -0.39 is 41.9 Å². The van der Waals surface area contributed by atoms with Crippen molar-refractivity contribution in [1.82, 2.24) is 20.1 Å². The van der Waals surface area contributed by atoms with Gasteiger partial charge in [-0.25, -0.2) is 4.79 Å². The molecule has 2 unspecified atom stereocenters. The van der Waals surface area contributed by atoms with Crippen LogP contribution in [0.3, 0.4) is 0 Å². The third kappa shape index (κ3) is 6.57. The summed E-state index contributed by atoms with van der Waals surface area (Å²) >= 11 is 6.27. The fourth-order valence-electron chi connectivity index (χ4n) is 6.00. The number of piperazine rings is 1. The molecule has 11 nitrogen and oxygen atoms in total. The molecule has 1 aromatic heterocycles. The van der Waals surface area contributed by atoms with Gasteiger partial charge in [-0.1, -0.05) is 48.0 Å². The second-order valence-corrected chi connectivity index (χ2v) is 13.0. The molecule has 1 fully saturated rings. The van der Waals surface area contributed by atoms with E-state index in [4.69, 9.17) is 21.3 Å². The first kappa shape index (κ1) is 31.8. The van der Waals surface area contributed by atoms with Crippen molar-refractivity contribution in [2.45, 2.75) is 44.9 Å². The predicted octanol–water partition coefficient (Wildman–Crippen LogP) is 5.75. The zero-order chi connectivity index (χ0) is 33.5. The Morgan fingerprint density at radius 3 is 2.51 bits per heavy atom. The summed E-state index contributed by atoms with van der Waals surface area (Å²) in [5.74, 6) is -1.55. The number of ether oxygens (including phenoxy) is 1. The Bertz CT molecular complexity index is 1910. The highest BCUT2D eigenvalue weighted by atomic mass is 35.5. The smallest absolute Gasteiger partial charge is 0.326 e. The van der Waals surface area contributed by atoms with Crippen LogP contribution >= 0.6 is 11.6 Å². The first-order valence-corrected chi connectivity index (χ1v) is 15.6. The molecule has 2 atom stereocenters. The highest BCUT2D eigenvalue weighted by Crippen LogP contribution is 2.47. The van der Waals surface area contributed by atoms with Crippen molar-refractivity contribution < 1.29 is 29.0 Å². The highest BCUT2D eigenvalue weighted by molar-refractivity contribution is 6.30. The lowest BCUT2D eigenvalue weighted by Gasteiger charge is -2.36. The number of H-pyrrole nitrogens is 1. The molecule has 0 radical (unpaired) electrons. The van der Waals surface area contributed by atoms with Crippen molar-refractivity contribution in [1.29, 1.82) is 0 Å². The Morgan fingerprint density at radius 1 is 1.06 bits per heavy atom. The summed E-state index contributed by atoms with van der Waals surface area (Å²) in [6.45, 7) is 6.03. The molecule has 0 saturated carbocycles. The SMILES string of the molecule is CC(C)(C)Oc1cc(C(=O)CC(=O)O)ccc1C1=NC(c2ccc(Cl)cc2)C(c2c[nH]c3ccccc23)N1C(=O)N1CCNC(=O)C1. The Kier molecular flexibility index (Phi) is 8.50. The fraction of sp³-hybridized carbons (Fsp3) is 0.286. The van der Waals surface area contributed by atoms with Crippen LogP contribution in [-0.4, -0.2) is 74.7 Å². The van der Waals surface area contributed by atoms with Crippen molar-refractivity contribution in [2.24, 2.45) is 4.99 Å². The number of amidine groups is 1. The van der Waals surface area contributed by atoms with Crippen LogP contribution in [0.25, 0.3) is 10.9 Å². The number of rotatable bonds is 7. The van der Waals surface area contributed by atoms with Gasteiger partial charge in [0.25, 0.3) is 0 Å². The van der Waals surface area contributed by atoms with Gasteiger partial charge >= 0.3 is 12.0 Å². The number of fused-ring (bicyclic) bond motifs is 1. The fourth-order valence-corrected chi connectivity index (χ4v) is 6.13. The normalized spacial score (nSPS) is 18.2. The number of hydrogen-bond acceptors (Lipinski definition) is 6. The Balaban J connectivity index is 1.58. The van der Waals surface area contributed by atoms with Gasteiger partial charge in [-0.2, -0.15) is 0 Å². The molecule has 3 heterocycles. The number of aromatic amines is 1. The van der Waals surface area contributed by atoms with E-state index in [9.17, 15) is 24.3 Å². The van der Waals surface area contributed by atoms with Crippen LogP contribution in [0.4, 0.5) is 4.79 Å². The van der Waals surface area contributed by atoms with E-state index in [1.54, 1.807) is 23.1 Å². The molecular formula is C35H34ClN5O6. The van der Waals surface area contributed by atoms with Crippen LogP contribution in [-0.2, 0) is 9.59 Å². The van der Waals surface area contributed by atoms with E-state index in [1.807, 2.05) is 63.4 Å². The molecule has 1 saturated heterocycles. The molecule has 12 heteroatoms. The van der Waals surface area contributed by atoms with Crippen molar-refractivity contribution in [3.63, 3.8) is 0 Å². The molecule has 2 aliphatic heterocycles. The van der Waals surface area contributed by atoms with Crippen LogP contribution in [0, 0.1) is 0 Å². The maximum Gasteiger partial charge on any atom is 0.326 e. The van der Waals surface area contributed by atoms with Crippen LogP contribution < -0.4 is 10.1 Å². The molecular weight excluding hydrogens is 622 g/mol. The summed E-state index contributed by atoms with van der Waals surface area (Å²) in [6.07, 6.45) is 1.19. The number of amides is 3. The third-order valence-electron chi connectivity index (χ3n) is 8.01. The zero-order valence-corrected chi connectivity index (χ0v) is 26.9. The molecule has 4 aromatic rings. The van der Waals surface area contributed by atoms with E-state index >= 15 is 0 Å². The number of hydrogen-bond donors (Lipinski definition) is 3. The molecule has 2 aliphatic rings. The van der Waals surface area contributed by atoms with Crippen molar-refractivity contribution >= 4 is 52.0 Å². The molecule has 3 N–H and O–H groups in total. The average molecular weight is 656 g/mol. The Labute approximate surface area is 276 Å². The minimum Gasteiger partial charge on any atom is -0.487 e. The quantitative estimate of drug-likeness (QED) is 0.171. The summed E-state index contributed by atoms with van der Waals surface area (Å²) in [5, 5.41) is 13.5. The van der Waals surface area contributed by atoms with Gasteiger partial charge in [0.1, 0.15) is 36.2 Å². The number of ketones is 1. The van der Waals surface area contributed by atoms with E-state index in [2.05, 4.69) is 10.3 Å². The third-order valence-corrected chi connectivity index (χ3v) is 8.26. The van der Waals surface area contributed by atoms with E-state index in [0.717, 1.165) is 22.0 Å². The largest absolute Gasteiger partial charge is 0.487 e. The van der Waals surface area contributed by atoms with Gasteiger partial charge < -0.3 is 25.0 Å². The van der Waals surface area contributed by atoms with Crippen LogP contribution in [0.5, 0.6) is 5.75 Å². The first-order valence-electron chi connectivity index (χ1n) is 15.2. The lowest BCUT2D eigenvalue weighted by Crippen LogP contribution is -2.55. The van der Waals surface area contributed by atoms with Crippen LogP contribution in [0.1, 0.15) is 66.3 Å². The maximum atomic E-state index is 14.7. The number of urea groups is 1. The van der Waals surface area contributed by atoms with E-state index in [1.165, 1.54) is 17.0 Å². The molecule has 3 aromatic carbocycles. The van der Waals surface area contributed by atoms with E-state index in [0.29, 0.717) is 23.7 Å². The molecule has 47 heavy (non-hydrogen) atoms. The van der Waals surface area contributed by atoms with Crippen molar-refractivity contribution in [3.05, 3.63) is 100 Å². The Morgan fingerprint density at radius 2 is 1.81 bits per heavy atom. The van der Waals surface area contributed by atoms with Gasteiger partial charge in [0.05, 0.1) is 11.6 Å². The Hall–Kier alpha value is -5.16. The number of carboxylic acid groups (broad SMARTS) is 1. The van der Waals surface area contributed by atoms with Crippen LogP contribution in [0.2, 0.25) is 5.02 Å². The van der Waals surface area contributed by atoms with Gasteiger partial charge in [-0.3, -0.25) is 24.3 Å². The monoisotopic (exact) mass is 655 g/mol. The lowest BCUT2D eigenvalue weighted by atomic mass is 9.93. The summed E-state index contributed by atoms with van der Waals surface area (Å²) < 4.78 is 6.36. The van der Waals surface area contributed by atoms with E-state index in [-0.39, 0.29) is 29.6 Å². The number of halogens is 1. The summed E-state index contributed by atoms with van der Waals surface area (Å²) in [7, 11) is 0. The number of carboxylic acids is 1. The number of carbonyl (C=O) groups excluding carboxylic acids is 3. The van der Waals surface area contributed by atoms with Crippen LogP contribution in [0.15, 0.2) is 77.9 Å². The standard InChI is InChI=1S/C35H34ClN5O6/c1-35(2,3)47-28-16-21(27(42)17-30(44)45)10-13-24(28)33-39-31(20-8-11-22(36)12-9-20)32(25-18-38-26-7-5-4-6-23(25)26)41(33)34(46)40-15-14-37-29(43)19-40/h4-13,16,18,31-32,38H,14-15,17,19H2,1-3H3,(H,37,43)(H,44,45). The highest BCUT2D eigenvalue weighted by Gasteiger charge is 2.46. The molecule has 0 spiro atoms. The minimum absolute atomic E-state index is 0.122. The lowest BCUT2D eigenvalue weighted by molar-refractivity contribution is -0.136. The second kappa shape index (κ2) is 12.6. The predicted molar refractivity (Wildman–Crippen MR) is 177 cm³/mol. The second-order valence-electron chi connectivity index (χ2n) is 12.5. The molecule has 6 rings (SSSR count). The van der Waals surface area contributed by atoms with Crippen molar-refractivity contribution in [3.8, 4) is 5.75 Å². The number of benzene rings is 3. The topological polar surface area (TPSA) is 144 Å². The molecule has 3 amide bonds. The number of nitrogens with one attached hydrogen (secondary N) is 2. The summed E-state index contributed by atoms with van der Waals surface area (Å²) in [6, 6.07) is 18.1. The molecule has 0 aliphatic carbocycles. The average Bonchev–Trinajstić information content (AvgIpc) is 3.62. The number of aliphatic imine (C=N–C) groups is 1. The van der Waals surface area contributed by atoms with Gasteiger partial charge in [-0.05, 0) is 56.7 Å². The number of carbonyl (C=O) groups is 4. The molecule has 0 bridgehead atoms. The zero-order valence-electron chi connectivity index (χ0n) is 26.1. The van der Waals surface area contributed by atoms with Crippen molar-refractivity contribution in [2.75, 3.05) is 19.6 Å².